The summed E-state index contributed by atoms with van der Waals surface area (Å²) in [6.45, 7) is 0. The Morgan fingerprint density at radius 3 is 2.11 bits per heavy atom. The molecule has 0 saturated heterocycles. The van der Waals surface area contributed by atoms with Crippen molar-refractivity contribution in [2.45, 2.75) is 0 Å². The molecular weight excluding hydrogens is 329 g/mol. The number of aromatic nitrogens is 4. The van der Waals surface area contributed by atoms with Gasteiger partial charge >= 0.3 is 0 Å². The largest absolute Gasteiger partial charge is 0.279 e. The van der Waals surface area contributed by atoms with Gasteiger partial charge in [0, 0.05) is 37.6 Å². The fourth-order valence-corrected chi connectivity index (χ4v) is 2.42. The Morgan fingerprint density at radius 2 is 1.72 bits per heavy atom. The first-order valence-electron chi connectivity index (χ1n) is 4.84. The van der Waals surface area contributed by atoms with Gasteiger partial charge < -0.3 is 0 Å². The minimum absolute atomic E-state index is 0.0241. The van der Waals surface area contributed by atoms with Crippen LogP contribution in [0.4, 0.5) is 8.78 Å². The van der Waals surface area contributed by atoms with Crippen molar-refractivity contribution in [3.05, 3.63) is 39.4 Å². The van der Waals surface area contributed by atoms with Crippen LogP contribution in [-0.2, 0) is 14.1 Å². The lowest BCUT2D eigenvalue weighted by Gasteiger charge is -2.02. The fraction of sp³-hybridized carbons (Fsp3) is 0.200. The van der Waals surface area contributed by atoms with Crippen LogP contribution in [0.25, 0.3) is 5.57 Å². The first-order chi connectivity index (χ1) is 8.40. The molecule has 2 heterocycles. The number of nitrogens with zero attached hydrogens (tertiary/aromatic N) is 4. The van der Waals surface area contributed by atoms with E-state index in [1.807, 2.05) is 0 Å². The normalized spacial score (nSPS) is 10.8. The number of hydrogen-bond donors (Lipinski definition) is 0. The summed E-state index contributed by atoms with van der Waals surface area (Å²) in [6.07, 6.45) is 1.09. The van der Waals surface area contributed by atoms with Crippen LogP contribution in [0.5, 0.6) is 0 Å². The Kier molecular flexibility index (Phi) is 3.54. The summed E-state index contributed by atoms with van der Waals surface area (Å²) in [7, 11) is 3.26. The molecule has 0 radical (unpaired) electrons. The lowest BCUT2D eigenvalue weighted by molar-refractivity contribution is 0.426. The third-order valence-electron chi connectivity index (χ3n) is 2.30. The molecule has 0 N–H and O–H groups in total. The lowest BCUT2D eigenvalue weighted by atomic mass is 10.1. The summed E-state index contributed by atoms with van der Waals surface area (Å²) < 4.78 is 29.5. The maximum atomic E-state index is 13.2. The van der Waals surface area contributed by atoms with Gasteiger partial charge in [-0.1, -0.05) is 11.6 Å². The van der Waals surface area contributed by atoms with Crippen molar-refractivity contribution < 1.29 is 8.78 Å². The van der Waals surface area contributed by atoms with E-state index in [1.165, 1.54) is 21.8 Å². The van der Waals surface area contributed by atoms with Gasteiger partial charge in [0.15, 0.2) is 5.15 Å². The van der Waals surface area contributed by atoms with Crippen molar-refractivity contribution in [3.8, 4) is 0 Å². The Hall–Kier alpha value is -1.21. The summed E-state index contributed by atoms with van der Waals surface area (Å²) >= 11 is 9.00. The second-order valence-corrected chi connectivity index (χ2v) is 4.76. The van der Waals surface area contributed by atoms with Crippen molar-refractivity contribution >= 4 is 33.1 Å². The first-order valence-corrected chi connectivity index (χ1v) is 6.01. The molecule has 2 aromatic heterocycles. The predicted octanol–water partition coefficient (Wildman–Crippen LogP) is 3.23. The van der Waals surface area contributed by atoms with Gasteiger partial charge in [-0.15, -0.1) is 0 Å². The van der Waals surface area contributed by atoms with Crippen LogP contribution in [0.15, 0.2) is 23.1 Å². The third-order valence-corrected chi connectivity index (χ3v) is 3.16. The smallest absolute Gasteiger partial charge is 0.274 e. The van der Waals surface area contributed by atoms with E-state index in [1.54, 1.807) is 14.1 Å². The van der Waals surface area contributed by atoms with Gasteiger partial charge in [-0.05, 0) is 15.9 Å². The zero-order valence-corrected chi connectivity index (χ0v) is 11.8. The number of aryl methyl sites for hydroxylation is 2. The number of rotatable bonds is 2. The van der Waals surface area contributed by atoms with E-state index in [4.69, 9.17) is 11.6 Å². The minimum atomic E-state index is -1.83. The second-order valence-electron chi connectivity index (χ2n) is 3.65. The average Bonchev–Trinajstić information content (AvgIpc) is 2.71. The van der Waals surface area contributed by atoms with E-state index in [-0.39, 0.29) is 21.9 Å². The van der Waals surface area contributed by atoms with Crippen LogP contribution in [0.1, 0.15) is 11.1 Å². The summed E-state index contributed by atoms with van der Waals surface area (Å²) in [5.74, 6) is 0. The zero-order chi connectivity index (χ0) is 13.4. The molecule has 0 aliphatic carbocycles. The van der Waals surface area contributed by atoms with Gasteiger partial charge in [-0.2, -0.15) is 19.0 Å². The minimum Gasteiger partial charge on any atom is -0.274 e. The standard InChI is InChI=1S/C10H8BrClF2N4/c1-17-3-5(8(11)15-17)7(10(13)14)6-4-18(2)16-9(6)12/h3-4H,1-2H3. The van der Waals surface area contributed by atoms with Crippen molar-refractivity contribution in [1.82, 2.24) is 19.6 Å². The van der Waals surface area contributed by atoms with Gasteiger partial charge in [-0.25, -0.2) is 0 Å². The Morgan fingerprint density at radius 1 is 1.17 bits per heavy atom. The Balaban J connectivity index is 2.66. The molecule has 2 aromatic rings. The predicted molar refractivity (Wildman–Crippen MR) is 67.4 cm³/mol. The number of halogens is 4. The molecule has 0 unspecified atom stereocenters. The maximum absolute atomic E-state index is 13.2. The average molecular weight is 338 g/mol. The summed E-state index contributed by atoms with van der Waals surface area (Å²) in [4.78, 5) is 0. The molecule has 8 heteroatoms. The zero-order valence-electron chi connectivity index (χ0n) is 9.46. The monoisotopic (exact) mass is 336 g/mol. The van der Waals surface area contributed by atoms with Crippen LogP contribution in [0.2, 0.25) is 5.15 Å². The number of hydrogen-bond acceptors (Lipinski definition) is 2. The maximum Gasteiger partial charge on any atom is 0.279 e. The fourth-order valence-electron chi connectivity index (χ4n) is 1.61. The molecule has 18 heavy (non-hydrogen) atoms. The SMILES string of the molecule is Cn1cc(C(=C(F)F)c2cn(C)nc2Br)c(Cl)n1. The van der Waals surface area contributed by atoms with Gasteiger partial charge in [0.05, 0.1) is 5.57 Å². The van der Waals surface area contributed by atoms with Crippen LogP contribution in [-0.4, -0.2) is 19.6 Å². The van der Waals surface area contributed by atoms with Crippen molar-refractivity contribution in [2.75, 3.05) is 0 Å². The van der Waals surface area contributed by atoms with Crippen LogP contribution < -0.4 is 0 Å². The summed E-state index contributed by atoms with van der Waals surface area (Å²) in [5.41, 5.74) is 0.174. The Labute approximate surface area is 115 Å². The molecule has 0 amide bonds. The molecule has 0 saturated carbocycles. The second kappa shape index (κ2) is 4.81. The van der Waals surface area contributed by atoms with Crippen LogP contribution in [0.3, 0.4) is 0 Å². The van der Waals surface area contributed by atoms with Gasteiger partial charge in [-0.3, -0.25) is 9.36 Å². The summed E-state index contributed by atoms with van der Waals surface area (Å²) in [6, 6.07) is 0. The van der Waals surface area contributed by atoms with E-state index in [0.717, 1.165) is 0 Å². The topological polar surface area (TPSA) is 35.6 Å². The van der Waals surface area contributed by atoms with E-state index >= 15 is 0 Å². The molecule has 0 aliphatic rings. The van der Waals surface area contributed by atoms with Crippen LogP contribution >= 0.6 is 27.5 Å². The van der Waals surface area contributed by atoms with Crippen molar-refractivity contribution in [2.24, 2.45) is 14.1 Å². The van der Waals surface area contributed by atoms with E-state index in [2.05, 4.69) is 26.1 Å². The molecule has 0 bridgehead atoms. The third kappa shape index (κ3) is 2.32. The van der Waals surface area contributed by atoms with E-state index in [0.29, 0.717) is 4.60 Å². The van der Waals surface area contributed by atoms with E-state index in [9.17, 15) is 8.78 Å². The molecule has 0 spiro atoms. The van der Waals surface area contributed by atoms with Crippen LogP contribution in [0, 0.1) is 0 Å². The molecule has 0 aliphatic heterocycles. The molecule has 0 atom stereocenters. The van der Waals surface area contributed by atoms with Crippen molar-refractivity contribution in [3.63, 3.8) is 0 Å². The Bertz CT molecular complexity index is 580. The highest BCUT2D eigenvalue weighted by Gasteiger charge is 2.22. The highest BCUT2D eigenvalue weighted by Crippen LogP contribution is 2.35. The van der Waals surface area contributed by atoms with Gasteiger partial charge in [0.2, 0.25) is 0 Å². The molecule has 2 rings (SSSR count). The molecule has 0 aromatic carbocycles. The van der Waals surface area contributed by atoms with Crippen molar-refractivity contribution in [1.29, 1.82) is 0 Å². The quantitative estimate of drug-likeness (QED) is 0.843. The molecule has 96 valence electrons. The van der Waals surface area contributed by atoms with Gasteiger partial charge in [0.25, 0.3) is 6.08 Å². The lowest BCUT2D eigenvalue weighted by Crippen LogP contribution is -1.89. The highest BCUT2D eigenvalue weighted by atomic mass is 79.9. The molecule has 4 nitrogen and oxygen atoms in total. The summed E-state index contributed by atoms with van der Waals surface area (Å²) in [5, 5.41) is 7.84. The molecule has 0 fully saturated rings. The molecular formula is C10H8BrClF2N4. The highest BCUT2D eigenvalue weighted by molar-refractivity contribution is 9.10. The first kappa shape index (κ1) is 13.2. The van der Waals surface area contributed by atoms with E-state index < -0.39 is 6.08 Å². The van der Waals surface area contributed by atoms with Gasteiger partial charge in [0.1, 0.15) is 4.60 Å².